The van der Waals surface area contributed by atoms with Gasteiger partial charge >= 0.3 is 5.69 Å². The minimum Gasteiger partial charge on any atom is -0.450 e. The van der Waals surface area contributed by atoms with E-state index < -0.39 is 4.92 Å². The van der Waals surface area contributed by atoms with Gasteiger partial charge in [-0.15, -0.1) is 0 Å². The smallest absolute Gasteiger partial charge is 0.311 e. The van der Waals surface area contributed by atoms with Crippen molar-refractivity contribution in [2.45, 2.75) is 20.8 Å². The van der Waals surface area contributed by atoms with E-state index in [-0.39, 0.29) is 11.4 Å². The maximum Gasteiger partial charge on any atom is 0.311 e. The van der Waals surface area contributed by atoms with Crippen LogP contribution in [0.15, 0.2) is 36.4 Å². The van der Waals surface area contributed by atoms with Crippen molar-refractivity contribution in [1.29, 1.82) is 0 Å². The molecule has 0 atom stereocenters. The third-order valence-corrected chi connectivity index (χ3v) is 2.73. The highest BCUT2D eigenvalue weighted by molar-refractivity contribution is 5.50. The van der Waals surface area contributed by atoms with E-state index in [1.54, 1.807) is 12.1 Å². The third-order valence-electron chi connectivity index (χ3n) is 2.73. The van der Waals surface area contributed by atoms with Crippen LogP contribution >= 0.6 is 0 Å². The van der Waals surface area contributed by atoms with Gasteiger partial charge in [0.1, 0.15) is 5.75 Å². The van der Waals surface area contributed by atoms with Crippen molar-refractivity contribution in [1.82, 2.24) is 0 Å². The normalized spacial score (nSPS) is 10.3. The highest BCUT2D eigenvalue weighted by Crippen LogP contribution is 2.32. The van der Waals surface area contributed by atoms with Crippen LogP contribution in [-0.4, -0.2) is 4.92 Å². The minimum atomic E-state index is -0.426. The van der Waals surface area contributed by atoms with Crippen LogP contribution in [0.4, 0.5) is 5.69 Å². The number of hydrogen-bond donors (Lipinski definition) is 0. The molecule has 0 aliphatic rings. The van der Waals surface area contributed by atoms with E-state index >= 15 is 0 Å². The monoisotopic (exact) mass is 257 g/mol. The quantitative estimate of drug-likeness (QED) is 0.608. The Morgan fingerprint density at radius 2 is 1.58 bits per heavy atom. The van der Waals surface area contributed by atoms with Gasteiger partial charge in [0.05, 0.1) is 4.92 Å². The molecule has 2 rings (SSSR count). The number of benzene rings is 2. The molecule has 0 unspecified atom stereocenters. The van der Waals surface area contributed by atoms with Gasteiger partial charge in [0.15, 0.2) is 0 Å². The summed E-state index contributed by atoms with van der Waals surface area (Å²) in [4.78, 5) is 10.6. The van der Waals surface area contributed by atoms with Gasteiger partial charge < -0.3 is 4.74 Å². The molecule has 0 aliphatic carbocycles. The fourth-order valence-corrected chi connectivity index (χ4v) is 1.98. The van der Waals surface area contributed by atoms with Crippen molar-refractivity contribution in [3.05, 3.63) is 63.2 Å². The Kier molecular flexibility index (Phi) is 3.51. The molecule has 0 saturated carbocycles. The van der Waals surface area contributed by atoms with E-state index in [1.807, 2.05) is 39.0 Å². The predicted molar refractivity (Wildman–Crippen MR) is 73.8 cm³/mol. The summed E-state index contributed by atoms with van der Waals surface area (Å²) in [5.41, 5.74) is 2.94. The maximum absolute atomic E-state index is 11.0. The summed E-state index contributed by atoms with van der Waals surface area (Å²) >= 11 is 0. The van der Waals surface area contributed by atoms with Crippen LogP contribution in [0.3, 0.4) is 0 Å². The second-order valence-corrected chi connectivity index (χ2v) is 4.65. The lowest BCUT2D eigenvalue weighted by molar-refractivity contribution is -0.385. The van der Waals surface area contributed by atoms with Gasteiger partial charge in [0.25, 0.3) is 0 Å². The first-order valence-electron chi connectivity index (χ1n) is 5.97. The van der Waals surface area contributed by atoms with Crippen molar-refractivity contribution < 1.29 is 9.66 Å². The zero-order valence-corrected chi connectivity index (χ0v) is 11.1. The van der Waals surface area contributed by atoms with E-state index in [2.05, 4.69) is 0 Å². The SMILES string of the molecule is Cc1cc(C)cc(Oc2ccc(C)cc2[N+](=O)[O-])c1. The van der Waals surface area contributed by atoms with Gasteiger partial charge in [-0.1, -0.05) is 12.1 Å². The predicted octanol–water partition coefficient (Wildman–Crippen LogP) is 4.31. The van der Waals surface area contributed by atoms with Crippen LogP contribution in [0.5, 0.6) is 11.5 Å². The number of nitro groups is 1. The lowest BCUT2D eigenvalue weighted by atomic mass is 10.1. The summed E-state index contributed by atoms with van der Waals surface area (Å²) < 4.78 is 5.65. The first-order valence-corrected chi connectivity index (χ1v) is 5.97. The molecule has 4 heteroatoms. The van der Waals surface area contributed by atoms with Gasteiger partial charge in [-0.05, 0) is 55.7 Å². The van der Waals surface area contributed by atoms with Crippen LogP contribution < -0.4 is 4.74 Å². The Labute approximate surface area is 111 Å². The van der Waals surface area contributed by atoms with Gasteiger partial charge in [0, 0.05) is 6.07 Å². The first-order chi connectivity index (χ1) is 8.95. The van der Waals surface area contributed by atoms with Crippen LogP contribution in [0.1, 0.15) is 16.7 Å². The van der Waals surface area contributed by atoms with Crippen LogP contribution in [0.25, 0.3) is 0 Å². The number of aryl methyl sites for hydroxylation is 3. The van der Waals surface area contributed by atoms with Crippen molar-refractivity contribution in [3.8, 4) is 11.5 Å². The van der Waals surface area contributed by atoms with Gasteiger partial charge in [-0.25, -0.2) is 0 Å². The summed E-state index contributed by atoms with van der Waals surface area (Å²) in [6.45, 7) is 5.74. The molecule has 0 saturated heterocycles. The lowest BCUT2D eigenvalue weighted by Gasteiger charge is -2.08. The molecule has 0 amide bonds. The van der Waals surface area contributed by atoms with Crippen molar-refractivity contribution in [3.63, 3.8) is 0 Å². The van der Waals surface area contributed by atoms with E-state index in [1.165, 1.54) is 6.07 Å². The molecule has 2 aromatic rings. The number of ether oxygens (including phenoxy) is 1. The maximum atomic E-state index is 11.0. The molecular weight excluding hydrogens is 242 g/mol. The second kappa shape index (κ2) is 5.10. The average Bonchev–Trinajstić information content (AvgIpc) is 2.30. The Hall–Kier alpha value is -2.36. The fourth-order valence-electron chi connectivity index (χ4n) is 1.98. The summed E-state index contributed by atoms with van der Waals surface area (Å²) in [7, 11) is 0. The van der Waals surface area contributed by atoms with Gasteiger partial charge in [-0.2, -0.15) is 0 Å². The lowest BCUT2D eigenvalue weighted by Crippen LogP contribution is -1.94. The zero-order chi connectivity index (χ0) is 14.0. The Bertz CT molecular complexity index is 615. The number of hydrogen-bond acceptors (Lipinski definition) is 3. The molecule has 19 heavy (non-hydrogen) atoms. The molecule has 0 aromatic heterocycles. The fraction of sp³-hybridized carbons (Fsp3) is 0.200. The summed E-state index contributed by atoms with van der Waals surface area (Å²) in [5.74, 6) is 0.880. The molecule has 0 bridgehead atoms. The second-order valence-electron chi connectivity index (χ2n) is 4.65. The number of nitro benzene ring substituents is 1. The topological polar surface area (TPSA) is 52.4 Å². The Morgan fingerprint density at radius 3 is 2.16 bits per heavy atom. The largest absolute Gasteiger partial charge is 0.450 e. The standard InChI is InChI=1S/C15H15NO3/c1-10-4-5-15(14(9-10)16(17)18)19-13-7-11(2)6-12(3)8-13/h4-9H,1-3H3. The van der Waals surface area contributed by atoms with Crippen molar-refractivity contribution in [2.24, 2.45) is 0 Å². The first kappa shape index (κ1) is 13.1. The van der Waals surface area contributed by atoms with Crippen molar-refractivity contribution >= 4 is 5.69 Å². The molecule has 2 aromatic carbocycles. The van der Waals surface area contributed by atoms with E-state index in [4.69, 9.17) is 4.74 Å². The number of rotatable bonds is 3. The third kappa shape index (κ3) is 3.10. The molecule has 98 valence electrons. The summed E-state index contributed by atoms with van der Waals surface area (Å²) in [5, 5.41) is 11.0. The molecule has 0 aliphatic heterocycles. The van der Waals surface area contributed by atoms with Gasteiger partial charge in [-0.3, -0.25) is 10.1 Å². The number of nitrogens with zero attached hydrogens (tertiary/aromatic N) is 1. The minimum absolute atomic E-state index is 0.0147. The molecule has 0 N–H and O–H groups in total. The molecule has 0 spiro atoms. The molecular formula is C15H15NO3. The van der Waals surface area contributed by atoms with Crippen LogP contribution in [0.2, 0.25) is 0 Å². The Balaban J connectivity index is 2.40. The van der Waals surface area contributed by atoms with E-state index in [0.717, 1.165) is 16.7 Å². The molecule has 4 nitrogen and oxygen atoms in total. The molecule has 0 fully saturated rings. The molecule has 0 heterocycles. The average molecular weight is 257 g/mol. The zero-order valence-electron chi connectivity index (χ0n) is 11.1. The Morgan fingerprint density at radius 1 is 0.947 bits per heavy atom. The van der Waals surface area contributed by atoms with E-state index in [0.29, 0.717) is 5.75 Å². The summed E-state index contributed by atoms with van der Waals surface area (Å²) in [6, 6.07) is 10.7. The van der Waals surface area contributed by atoms with Crippen LogP contribution in [-0.2, 0) is 0 Å². The van der Waals surface area contributed by atoms with E-state index in [9.17, 15) is 10.1 Å². The van der Waals surface area contributed by atoms with Crippen molar-refractivity contribution in [2.75, 3.05) is 0 Å². The van der Waals surface area contributed by atoms with Crippen LogP contribution in [0, 0.1) is 30.9 Å². The van der Waals surface area contributed by atoms with Gasteiger partial charge in [0.2, 0.25) is 5.75 Å². The highest BCUT2D eigenvalue weighted by Gasteiger charge is 2.15. The summed E-state index contributed by atoms with van der Waals surface area (Å²) in [6.07, 6.45) is 0. The highest BCUT2D eigenvalue weighted by atomic mass is 16.6. The molecule has 0 radical (unpaired) electrons.